The molecule has 1 aliphatic heterocycles. The van der Waals surface area contributed by atoms with Crippen LogP contribution in [0.5, 0.6) is 0 Å². The molecular weight excluding hydrogens is 234 g/mol. The van der Waals surface area contributed by atoms with E-state index in [1.807, 2.05) is 0 Å². The van der Waals surface area contributed by atoms with Crippen LogP contribution in [0.3, 0.4) is 0 Å². The Bertz CT molecular complexity index is 438. The van der Waals surface area contributed by atoms with E-state index in [9.17, 15) is 9.59 Å². The van der Waals surface area contributed by atoms with Crippen LogP contribution >= 0.6 is 0 Å². The lowest BCUT2D eigenvalue weighted by Gasteiger charge is -2.12. The predicted octanol–water partition coefficient (Wildman–Crippen LogP) is 1.04. The van der Waals surface area contributed by atoms with E-state index in [0.717, 1.165) is 12.8 Å². The Morgan fingerprint density at radius 1 is 1.28 bits per heavy atom. The SMILES string of the molecule is NC(=O)c1ccc(NC(=O)NC2CCCO2)cc1. The summed E-state index contributed by atoms with van der Waals surface area (Å²) in [5.74, 6) is -0.495. The molecule has 1 fully saturated rings. The van der Waals surface area contributed by atoms with E-state index in [4.69, 9.17) is 10.5 Å². The standard InChI is InChI=1S/C12H15N3O3/c13-11(16)8-3-5-9(6-4-8)14-12(17)15-10-2-1-7-18-10/h3-6,10H,1-2,7H2,(H2,13,16)(H2,14,15,17). The fraction of sp³-hybridized carbons (Fsp3) is 0.333. The highest BCUT2D eigenvalue weighted by Gasteiger charge is 2.17. The highest BCUT2D eigenvalue weighted by Crippen LogP contribution is 2.11. The number of carbonyl (C=O) groups excluding carboxylic acids is 2. The Hall–Kier alpha value is -2.08. The lowest BCUT2D eigenvalue weighted by Crippen LogP contribution is -2.37. The molecule has 4 N–H and O–H groups in total. The van der Waals surface area contributed by atoms with Crippen molar-refractivity contribution in [3.05, 3.63) is 29.8 Å². The second-order valence-corrected chi connectivity index (χ2v) is 4.04. The average Bonchev–Trinajstić information content (AvgIpc) is 2.82. The van der Waals surface area contributed by atoms with Gasteiger partial charge in [-0.2, -0.15) is 0 Å². The van der Waals surface area contributed by atoms with Gasteiger partial charge in [-0.25, -0.2) is 4.79 Å². The normalized spacial score (nSPS) is 18.3. The molecule has 18 heavy (non-hydrogen) atoms. The summed E-state index contributed by atoms with van der Waals surface area (Å²) >= 11 is 0. The fourth-order valence-electron chi connectivity index (χ4n) is 1.72. The summed E-state index contributed by atoms with van der Waals surface area (Å²) in [7, 11) is 0. The lowest BCUT2D eigenvalue weighted by atomic mass is 10.2. The van der Waals surface area contributed by atoms with Gasteiger partial charge in [0, 0.05) is 17.9 Å². The number of hydrogen-bond donors (Lipinski definition) is 3. The molecule has 6 heteroatoms. The summed E-state index contributed by atoms with van der Waals surface area (Å²) in [6.45, 7) is 0.679. The van der Waals surface area contributed by atoms with Gasteiger partial charge in [-0.05, 0) is 37.1 Å². The minimum atomic E-state index is -0.495. The molecule has 0 aromatic heterocycles. The summed E-state index contributed by atoms with van der Waals surface area (Å²) in [6.07, 6.45) is 1.57. The maximum absolute atomic E-state index is 11.6. The first-order chi connectivity index (χ1) is 8.65. The monoisotopic (exact) mass is 249 g/mol. The molecule has 1 saturated heterocycles. The van der Waals surface area contributed by atoms with Crippen LogP contribution in [0.15, 0.2) is 24.3 Å². The fourth-order valence-corrected chi connectivity index (χ4v) is 1.72. The zero-order chi connectivity index (χ0) is 13.0. The first-order valence-corrected chi connectivity index (χ1v) is 5.74. The molecule has 3 amide bonds. The highest BCUT2D eigenvalue weighted by atomic mass is 16.5. The summed E-state index contributed by atoms with van der Waals surface area (Å²) < 4.78 is 5.28. The molecule has 0 spiro atoms. The van der Waals surface area contributed by atoms with Crippen LogP contribution in [0, 0.1) is 0 Å². The molecule has 1 atom stereocenters. The van der Waals surface area contributed by atoms with E-state index in [1.165, 1.54) is 0 Å². The van der Waals surface area contributed by atoms with E-state index >= 15 is 0 Å². The number of urea groups is 1. The van der Waals surface area contributed by atoms with Gasteiger partial charge in [0.15, 0.2) is 0 Å². The maximum atomic E-state index is 11.6. The van der Waals surface area contributed by atoms with Gasteiger partial charge in [-0.1, -0.05) is 0 Å². The molecular formula is C12H15N3O3. The molecule has 6 nitrogen and oxygen atoms in total. The quantitative estimate of drug-likeness (QED) is 0.747. The second-order valence-electron chi connectivity index (χ2n) is 4.04. The smallest absolute Gasteiger partial charge is 0.321 e. The van der Waals surface area contributed by atoms with E-state index in [2.05, 4.69) is 10.6 Å². The Balaban J connectivity index is 1.88. The number of carbonyl (C=O) groups is 2. The van der Waals surface area contributed by atoms with Gasteiger partial charge in [0.2, 0.25) is 5.91 Å². The van der Waals surface area contributed by atoms with Crippen LogP contribution < -0.4 is 16.4 Å². The number of hydrogen-bond acceptors (Lipinski definition) is 3. The largest absolute Gasteiger partial charge is 0.366 e. The number of ether oxygens (including phenoxy) is 1. The molecule has 0 saturated carbocycles. The van der Waals surface area contributed by atoms with Crippen molar-refractivity contribution in [2.75, 3.05) is 11.9 Å². The Morgan fingerprint density at radius 2 is 2.00 bits per heavy atom. The van der Waals surface area contributed by atoms with E-state index in [-0.39, 0.29) is 12.3 Å². The van der Waals surface area contributed by atoms with Crippen molar-refractivity contribution in [3.63, 3.8) is 0 Å². The molecule has 96 valence electrons. The van der Waals surface area contributed by atoms with Crippen molar-refractivity contribution in [1.82, 2.24) is 5.32 Å². The van der Waals surface area contributed by atoms with E-state index < -0.39 is 5.91 Å². The Labute approximate surface area is 104 Å². The molecule has 0 bridgehead atoms. The Kier molecular flexibility index (Phi) is 3.78. The van der Waals surface area contributed by atoms with Gasteiger partial charge in [-0.3, -0.25) is 4.79 Å². The molecule has 1 unspecified atom stereocenters. The number of nitrogens with one attached hydrogen (secondary N) is 2. The molecule has 1 aromatic rings. The van der Waals surface area contributed by atoms with Gasteiger partial charge in [0.05, 0.1) is 0 Å². The summed E-state index contributed by atoms with van der Waals surface area (Å²) in [6, 6.07) is 6.03. The predicted molar refractivity (Wildman–Crippen MR) is 66.1 cm³/mol. The molecule has 2 rings (SSSR count). The van der Waals surface area contributed by atoms with Crippen LogP contribution in [0.4, 0.5) is 10.5 Å². The van der Waals surface area contributed by atoms with Crippen LogP contribution in [0.25, 0.3) is 0 Å². The zero-order valence-corrected chi connectivity index (χ0v) is 9.81. The van der Waals surface area contributed by atoms with Crippen LogP contribution in [-0.4, -0.2) is 24.8 Å². The van der Waals surface area contributed by atoms with Gasteiger partial charge < -0.3 is 21.1 Å². The molecule has 0 radical (unpaired) electrons. The summed E-state index contributed by atoms with van der Waals surface area (Å²) in [5, 5.41) is 5.35. The average molecular weight is 249 g/mol. The number of nitrogens with two attached hydrogens (primary N) is 1. The molecule has 1 heterocycles. The number of rotatable bonds is 3. The van der Waals surface area contributed by atoms with Gasteiger partial charge in [0.25, 0.3) is 0 Å². The van der Waals surface area contributed by atoms with Gasteiger partial charge in [0.1, 0.15) is 6.23 Å². The van der Waals surface area contributed by atoms with Gasteiger partial charge >= 0.3 is 6.03 Å². The topological polar surface area (TPSA) is 93.5 Å². The van der Waals surface area contributed by atoms with Crippen molar-refractivity contribution in [1.29, 1.82) is 0 Å². The van der Waals surface area contributed by atoms with Crippen LogP contribution in [0.2, 0.25) is 0 Å². The highest BCUT2D eigenvalue weighted by molar-refractivity contribution is 5.94. The molecule has 0 aliphatic carbocycles. The minimum Gasteiger partial charge on any atom is -0.366 e. The first kappa shape index (κ1) is 12.4. The third-order valence-corrected chi connectivity index (χ3v) is 2.65. The van der Waals surface area contributed by atoms with E-state index in [1.54, 1.807) is 24.3 Å². The summed E-state index contributed by atoms with van der Waals surface area (Å²) in [4.78, 5) is 22.5. The van der Waals surface area contributed by atoms with Gasteiger partial charge in [-0.15, -0.1) is 0 Å². The lowest BCUT2D eigenvalue weighted by molar-refractivity contribution is 0.0928. The second kappa shape index (κ2) is 5.50. The third-order valence-electron chi connectivity index (χ3n) is 2.65. The maximum Gasteiger partial charge on any atom is 0.321 e. The van der Waals surface area contributed by atoms with Crippen LogP contribution in [-0.2, 0) is 4.74 Å². The van der Waals surface area contributed by atoms with Crippen LogP contribution in [0.1, 0.15) is 23.2 Å². The van der Waals surface area contributed by atoms with Crippen molar-refractivity contribution >= 4 is 17.6 Å². The minimum absolute atomic E-state index is 0.213. The number of amides is 3. The number of anilines is 1. The van der Waals surface area contributed by atoms with E-state index in [0.29, 0.717) is 17.9 Å². The van der Waals surface area contributed by atoms with Crippen molar-refractivity contribution in [2.24, 2.45) is 5.73 Å². The Morgan fingerprint density at radius 3 is 2.56 bits per heavy atom. The zero-order valence-electron chi connectivity index (χ0n) is 9.81. The van der Waals surface area contributed by atoms with Crippen molar-refractivity contribution in [2.45, 2.75) is 19.1 Å². The summed E-state index contributed by atoms with van der Waals surface area (Å²) in [5.41, 5.74) is 6.11. The van der Waals surface area contributed by atoms with Crippen molar-refractivity contribution < 1.29 is 14.3 Å². The number of primary amides is 1. The third kappa shape index (κ3) is 3.21. The number of benzene rings is 1. The van der Waals surface area contributed by atoms with Crippen molar-refractivity contribution in [3.8, 4) is 0 Å². The first-order valence-electron chi connectivity index (χ1n) is 5.74. The molecule has 1 aromatic carbocycles. The molecule has 1 aliphatic rings.